The third-order valence-electron chi connectivity index (χ3n) is 7.14. The molecule has 0 unspecified atom stereocenters. The van der Waals surface area contributed by atoms with Gasteiger partial charge in [-0.2, -0.15) is 5.10 Å². The predicted molar refractivity (Wildman–Crippen MR) is 130 cm³/mol. The smallest absolute Gasteiger partial charge is 0.326 e. The molecule has 174 valence electrons. The Morgan fingerprint density at radius 1 is 1.15 bits per heavy atom. The van der Waals surface area contributed by atoms with Crippen molar-refractivity contribution in [2.24, 2.45) is 0 Å². The minimum absolute atomic E-state index is 0.0190. The van der Waals surface area contributed by atoms with Crippen molar-refractivity contribution in [3.63, 3.8) is 0 Å². The molecule has 0 amide bonds. The quantitative estimate of drug-likeness (QED) is 0.495. The molecule has 1 saturated carbocycles. The number of aromatic nitrogens is 5. The van der Waals surface area contributed by atoms with Crippen molar-refractivity contribution >= 4 is 16.7 Å². The highest BCUT2D eigenvalue weighted by Gasteiger charge is 2.26. The molecule has 8 nitrogen and oxygen atoms in total. The maximum absolute atomic E-state index is 13.1. The van der Waals surface area contributed by atoms with Crippen molar-refractivity contribution in [2.75, 3.05) is 21.2 Å². The zero-order valence-corrected chi connectivity index (χ0v) is 20.0. The number of hydrogen-bond acceptors (Lipinski definition) is 5. The second-order valence-corrected chi connectivity index (χ2v) is 9.66. The first-order valence-corrected chi connectivity index (χ1v) is 11.7. The van der Waals surface area contributed by atoms with Gasteiger partial charge in [-0.3, -0.25) is 4.57 Å². The molecule has 3 aromatic heterocycles. The molecule has 0 saturated heterocycles. The first-order valence-electron chi connectivity index (χ1n) is 11.7. The van der Waals surface area contributed by atoms with Gasteiger partial charge in [-0.05, 0) is 75.0 Å². The summed E-state index contributed by atoms with van der Waals surface area (Å²) in [6.45, 7) is 4.38. The van der Waals surface area contributed by atoms with Gasteiger partial charge >= 0.3 is 5.69 Å². The summed E-state index contributed by atoms with van der Waals surface area (Å²) in [5.41, 5.74) is 5.77. The van der Waals surface area contributed by atoms with Crippen LogP contribution in [0.25, 0.3) is 27.8 Å². The summed E-state index contributed by atoms with van der Waals surface area (Å²) in [4.78, 5) is 22.8. The Labute approximate surface area is 193 Å². The van der Waals surface area contributed by atoms with Crippen LogP contribution < -0.4 is 10.4 Å². The molecule has 1 aromatic carbocycles. The molecule has 1 N–H and O–H groups in total. The fourth-order valence-corrected chi connectivity index (χ4v) is 5.30. The number of imidazole rings is 1. The van der Waals surface area contributed by atoms with Crippen LogP contribution in [0.5, 0.6) is 5.75 Å². The van der Waals surface area contributed by atoms with Gasteiger partial charge in [0.1, 0.15) is 6.33 Å². The second-order valence-electron chi connectivity index (χ2n) is 9.66. The summed E-state index contributed by atoms with van der Waals surface area (Å²) in [5, 5.41) is 4.31. The maximum Gasteiger partial charge on any atom is 0.326 e. The Kier molecular flexibility index (Phi) is 5.48. The zero-order valence-electron chi connectivity index (χ0n) is 20.0. The number of nitrogens with one attached hydrogen (secondary N) is 1. The lowest BCUT2D eigenvalue weighted by molar-refractivity contribution is 0.195. The molecule has 0 radical (unpaired) electrons. The van der Waals surface area contributed by atoms with E-state index in [0.717, 1.165) is 47.8 Å². The van der Waals surface area contributed by atoms with E-state index in [-0.39, 0.29) is 17.6 Å². The third kappa shape index (κ3) is 3.72. The fraction of sp³-hybridized carbons (Fsp3) is 0.480. The van der Waals surface area contributed by atoms with Gasteiger partial charge in [0.25, 0.3) is 0 Å². The summed E-state index contributed by atoms with van der Waals surface area (Å²) in [6.07, 6.45) is 7.77. The molecule has 0 atom stereocenters. The van der Waals surface area contributed by atoms with E-state index in [1.165, 1.54) is 11.9 Å². The van der Waals surface area contributed by atoms with Crippen LogP contribution in [-0.4, -0.2) is 56.3 Å². The molecular formula is C25H32N6O2. The average Bonchev–Trinajstić information content (AvgIpc) is 3.40. The number of H-pyrrole nitrogens is 1. The first-order chi connectivity index (χ1) is 15.9. The first kappa shape index (κ1) is 21.7. The molecule has 8 heteroatoms. The van der Waals surface area contributed by atoms with Crippen molar-refractivity contribution in [1.82, 2.24) is 29.0 Å². The molecule has 0 bridgehead atoms. The van der Waals surface area contributed by atoms with E-state index in [9.17, 15) is 4.79 Å². The van der Waals surface area contributed by atoms with Crippen molar-refractivity contribution in [1.29, 1.82) is 0 Å². The number of hydrogen-bond donors (Lipinski definition) is 1. The van der Waals surface area contributed by atoms with E-state index in [1.807, 2.05) is 16.8 Å². The predicted octanol–water partition coefficient (Wildman–Crippen LogP) is 4.22. The van der Waals surface area contributed by atoms with Gasteiger partial charge in [-0.15, -0.1) is 0 Å². The Morgan fingerprint density at radius 2 is 1.91 bits per heavy atom. The molecule has 1 aliphatic rings. The zero-order chi connectivity index (χ0) is 23.3. The standard InChI is InChI=1S/C25H32N6O2/c1-15(2)19-12-22-21(28-25(32)31(22)18-8-6-17(7-9-18)29(3)4)11-20(19)16-10-23(33-5)24-26-14-27-30(24)13-16/h10-15,17-18H,6-9H2,1-5H3,(H,28,32). The van der Waals surface area contributed by atoms with Crippen molar-refractivity contribution in [3.8, 4) is 16.9 Å². The van der Waals surface area contributed by atoms with E-state index < -0.39 is 0 Å². The second kappa shape index (κ2) is 8.33. The van der Waals surface area contributed by atoms with Crippen LogP contribution in [0.4, 0.5) is 0 Å². The molecule has 5 rings (SSSR count). The lowest BCUT2D eigenvalue weighted by Crippen LogP contribution is -2.34. The van der Waals surface area contributed by atoms with E-state index in [2.05, 4.69) is 60.0 Å². The Hall–Kier alpha value is -3.13. The molecule has 4 aromatic rings. The van der Waals surface area contributed by atoms with Crippen LogP contribution in [0.15, 0.2) is 35.5 Å². The number of nitrogens with zero attached hydrogens (tertiary/aromatic N) is 5. The number of aromatic amines is 1. The summed E-state index contributed by atoms with van der Waals surface area (Å²) in [7, 11) is 5.93. The van der Waals surface area contributed by atoms with Crippen molar-refractivity contribution in [3.05, 3.63) is 46.8 Å². The van der Waals surface area contributed by atoms with Gasteiger partial charge < -0.3 is 14.6 Å². The van der Waals surface area contributed by atoms with Gasteiger partial charge in [-0.25, -0.2) is 14.3 Å². The monoisotopic (exact) mass is 448 g/mol. The maximum atomic E-state index is 13.1. The van der Waals surface area contributed by atoms with Gasteiger partial charge in [0.05, 0.1) is 18.1 Å². The Bertz CT molecular complexity index is 1350. The SMILES string of the molecule is COc1cc(-c2cc3[nH]c(=O)n(C4CCC(N(C)C)CC4)c3cc2C(C)C)cn2ncnc12. The van der Waals surface area contributed by atoms with E-state index >= 15 is 0 Å². The number of rotatable bonds is 5. The normalized spacial score (nSPS) is 19.2. The number of fused-ring (bicyclic) bond motifs is 2. The van der Waals surface area contributed by atoms with Gasteiger partial charge in [0.15, 0.2) is 11.4 Å². The molecule has 1 aliphatic carbocycles. The minimum Gasteiger partial charge on any atom is -0.493 e. The number of methoxy groups -OCH3 is 1. The van der Waals surface area contributed by atoms with Gasteiger partial charge in [0, 0.05) is 23.8 Å². The van der Waals surface area contributed by atoms with Crippen LogP contribution in [0.3, 0.4) is 0 Å². The van der Waals surface area contributed by atoms with E-state index in [4.69, 9.17) is 4.74 Å². The summed E-state index contributed by atoms with van der Waals surface area (Å²) >= 11 is 0. The van der Waals surface area contributed by atoms with E-state index in [0.29, 0.717) is 17.4 Å². The number of benzene rings is 1. The van der Waals surface area contributed by atoms with E-state index in [1.54, 1.807) is 11.6 Å². The topological polar surface area (TPSA) is 80.5 Å². The highest BCUT2D eigenvalue weighted by Crippen LogP contribution is 2.37. The highest BCUT2D eigenvalue weighted by atomic mass is 16.5. The average molecular weight is 449 g/mol. The Morgan fingerprint density at radius 3 is 2.58 bits per heavy atom. The minimum atomic E-state index is -0.0190. The Balaban J connectivity index is 1.63. The molecule has 1 fully saturated rings. The van der Waals surface area contributed by atoms with Crippen LogP contribution >= 0.6 is 0 Å². The number of ether oxygens (including phenoxy) is 1. The summed E-state index contributed by atoms with van der Waals surface area (Å²) in [6, 6.07) is 7.13. The van der Waals surface area contributed by atoms with Crippen LogP contribution in [0, 0.1) is 0 Å². The highest BCUT2D eigenvalue weighted by molar-refractivity contribution is 5.85. The van der Waals surface area contributed by atoms with Crippen LogP contribution in [0.2, 0.25) is 0 Å². The van der Waals surface area contributed by atoms with Crippen LogP contribution in [-0.2, 0) is 0 Å². The largest absolute Gasteiger partial charge is 0.493 e. The number of pyridine rings is 1. The summed E-state index contributed by atoms with van der Waals surface area (Å²) < 4.78 is 9.31. The molecule has 3 heterocycles. The van der Waals surface area contributed by atoms with Gasteiger partial charge in [0.2, 0.25) is 0 Å². The molecule has 33 heavy (non-hydrogen) atoms. The van der Waals surface area contributed by atoms with Crippen molar-refractivity contribution < 1.29 is 4.74 Å². The molecule has 0 spiro atoms. The van der Waals surface area contributed by atoms with Crippen LogP contribution in [0.1, 0.15) is 57.1 Å². The summed E-state index contributed by atoms with van der Waals surface area (Å²) in [5.74, 6) is 0.952. The van der Waals surface area contributed by atoms with Crippen molar-refractivity contribution in [2.45, 2.75) is 57.5 Å². The molecular weight excluding hydrogens is 416 g/mol. The lowest BCUT2D eigenvalue weighted by Gasteiger charge is -2.33. The fourth-order valence-electron chi connectivity index (χ4n) is 5.30. The van der Waals surface area contributed by atoms with Gasteiger partial charge in [-0.1, -0.05) is 13.8 Å². The third-order valence-corrected chi connectivity index (χ3v) is 7.14. The molecule has 0 aliphatic heterocycles. The lowest BCUT2D eigenvalue weighted by atomic mass is 9.89.